The van der Waals surface area contributed by atoms with Crippen LogP contribution in [0.25, 0.3) is 0 Å². The van der Waals surface area contributed by atoms with Gasteiger partial charge in [-0.3, -0.25) is 0 Å². The maximum Gasteiger partial charge on any atom is 0.331 e. The molecule has 6 N–H and O–H groups in total. The van der Waals surface area contributed by atoms with Crippen molar-refractivity contribution in [2.24, 2.45) is 86.8 Å². The van der Waals surface area contributed by atoms with E-state index >= 15 is 15.0 Å². The van der Waals surface area contributed by atoms with Crippen LogP contribution in [-0.4, -0.2) is 79.9 Å². The monoisotopic (exact) mass is 1030 g/mol. The Morgan fingerprint density at radius 3 is 2.43 bits per heavy atom. The number of hydrogen-bond acceptors (Lipinski definition) is 9. The first kappa shape index (κ1) is 50.6. The molecule has 0 radical (unpaired) electrons. The Balaban J connectivity index is 0.944. The Hall–Kier alpha value is -3.62. The molecule has 9 heteroatoms. The molecule has 3 spiro atoms. The van der Waals surface area contributed by atoms with Gasteiger partial charge < -0.3 is 40.4 Å². The summed E-state index contributed by atoms with van der Waals surface area (Å²) in [5.74, 6) is 6.81. The molecule has 4 bridgehead atoms. The van der Waals surface area contributed by atoms with Gasteiger partial charge in [0.05, 0.1) is 29.3 Å². The van der Waals surface area contributed by atoms with Gasteiger partial charge in [0, 0.05) is 46.3 Å². The number of allylic oxidation sites excluding steroid dienone is 2. The molecule has 0 amide bonds. The third-order valence-corrected chi connectivity index (χ3v) is 25.6. The van der Waals surface area contributed by atoms with Gasteiger partial charge in [0.25, 0.3) is 0 Å². The van der Waals surface area contributed by atoms with E-state index in [0.717, 1.165) is 92.8 Å². The number of carbonyl (C=O) groups excluding carboxylic acids is 2. The topological polar surface area (TPSA) is 157 Å². The lowest BCUT2D eigenvalue weighted by Gasteiger charge is -2.74. The van der Waals surface area contributed by atoms with Crippen LogP contribution in [0.4, 0.5) is 0 Å². The molecule has 12 aliphatic carbocycles. The van der Waals surface area contributed by atoms with Crippen LogP contribution >= 0.6 is 0 Å². The van der Waals surface area contributed by atoms with Crippen LogP contribution in [0, 0.1) is 98.6 Å². The lowest BCUT2D eigenvalue weighted by Crippen LogP contribution is -2.82. The fourth-order valence-corrected chi connectivity index (χ4v) is 22.8. The van der Waals surface area contributed by atoms with Crippen molar-refractivity contribution in [2.45, 2.75) is 196 Å². The van der Waals surface area contributed by atoms with Crippen molar-refractivity contribution in [1.29, 1.82) is 0 Å². The first-order valence-corrected chi connectivity index (χ1v) is 30.6. The number of fused-ring (bicyclic) bond motifs is 5. The second kappa shape index (κ2) is 18.2. The smallest absolute Gasteiger partial charge is 0.331 e. The number of carbonyl (C=O) groups is 2. The van der Waals surface area contributed by atoms with Gasteiger partial charge in [-0.05, 0) is 204 Å². The number of aryl methyl sites for hydroxylation is 1. The third kappa shape index (κ3) is 6.98. The third-order valence-electron chi connectivity index (χ3n) is 25.6. The summed E-state index contributed by atoms with van der Waals surface area (Å²) in [5.41, 5.74) is -3.44. The van der Waals surface area contributed by atoms with Crippen molar-refractivity contribution < 1.29 is 39.9 Å². The Kier molecular flexibility index (Phi) is 12.1. The van der Waals surface area contributed by atoms with Crippen LogP contribution < -0.4 is 5.32 Å². The molecule has 1 aliphatic heterocycles. The highest BCUT2D eigenvalue weighted by molar-refractivity contribution is 5.86. The summed E-state index contributed by atoms with van der Waals surface area (Å²) >= 11 is 0. The summed E-state index contributed by atoms with van der Waals surface area (Å²) in [6, 6.07) is 16.6. The molecule has 406 valence electrons. The van der Waals surface area contributed by atoms with Crippen LogP contribution in [-0.2, 0) is 33.8 Å². The Bertz CT molecular complexity index is 2750. The van der Waals surface area contributed by atoms with E-state index in [9.17, 15) is 20.1 Å². The molecule has 19 atom stereocenters. The van der Waals surface area contributed by atoms with E-state index in [0.29, 0.717) is 75.5 Å². The van der Waals surface area contributed by atoms with Gasteiger partial charge in [0.15, 0.2) is 0 Å². The van der Waals surface area contributed by atoms with Crippen LogP contribution in [0.5, 0.6) is 0 Å². The molecule has 13 aliphatic rings. The van der Waals surface area contributed by atoms with Gasteiger partial charge >= 0.3 is 5.97 Å². The molecule has 76 heavy (non-hydrogen) atoms. The quantitative estimate of drug-likeness (QED) is 0.0689. The first-order chi connectivity index (χ1) is 36.8. The minimum absolute atomic E-state index is 0.0976. The molecule has 0 saturated heterocycles. The van der Waals surface area contributed by atoms with E-state index in [1.807, 2.05) is 19.2 Å². The van der Waals surface area contributed by atoms with Gasteiger partial charge in [0.2, 0.25) is 0 Å². The summed E-state index contributed by atoms with van der Waals surface area (Å²) in [6.07, 6.45) is 25.4. The minimum Gasteiger partial charge on any atom is -0.454 e. The average molecular weight is 1030 g/mol. The van der Waals surface area contributed by atoms with Gasteiger partial charge in [-0.1, -0.05) is 105 Å². The number of aldehydes is 1. The number of esters is 1. The summed E-state index contributed by atoms with van der Waals surface area (Å²) in [4.78, 5) is 29.4. The summed E-state index contributed by atoms with van der Waals surface area (Å²) in [5, 5.41) is 72.8. The molecule has 0 aromatic heterocycles. The van der Waals surface area contributed by atoms with Crippen molar-refractivity contribution in [1.82, 2.24) is 5.32 Å². The standard InChI is InChI=1S/C67H85NO8/c1-68-55-32-50-44(15-9-17-46(50)37-69)22-26-61(24-7-8-25-61)38-63-28-23-56-64(40-70)39-62(27-21-42(34-62)20-19-41-11-3-2-4-12-41)60(72)54-30-45-16-10-18-49(43-13-5-6-14-43)51(45)31-48(67(54,64)75)36-65(56,73)66(63,74)35-47-29-52(55)59-53(58(47)63)33-57(71)76-59/h2-4,9-12,15-17,33,40,42-43,45,47-49,51-52,54-56,58-60,68-69,72-75H,5-8,13-14,18-21,23-25,27-32,34-39H2,1H3. The van der Waals surface area contributed by atoms with Crippen molar-refractivity contribution in [3.8, 4) is 11.8 Å². The summed E-state index contributed by atoms with van der Waals surface area (Å²) in [6.45, 7) is -0.103. The number of rotatable bonds is 7. The van der Waals surface area contributed by atoms with E-state index < -0.39 is 68.4 Å². The summed E-state index contributed by atoms with van der Waals surface area (Å²) in [7, 11) is 1.97. The molecule has 9 saturated carbocycles. The zero-order chi connectivity index (χ0) is 52.0. The molecule has 9 fully saturated rings. The Morgan fingerprint density at radius 2 is 1.66 bits per heavy atom. The number of hydrogen-bond donors (Lipinski definition) is 6. The highest BCUT2D eigenvalue weighted by atomic mass is 16.5. The van der Waals surface area contributed by atoms with Crippen LogP contribution in [0.1, 0.15) is 164 Å². The fraction of sp³-hybridized carbons (Fsp3) is 0.701. The highest BCUT2D eigenvalue weighted by Gasteiger charge is 2.85. The lowest BCUT2D eigenvalue weighted by molar-refractivity contribution is -0.356. The van der Waals surface area contributed by atoms with Gasteiger partial charge in [-0.2, -0.15) is 0 Å². The van der Waals surface area contributed by atoms with Crippen molar-refractivity contribution in [2.75, 3.05) is 7.05 Å². The Labute approximate surface area is 451 Å². The predicted octanol–water partition coefficient (Wildman–Crippen LogP) is 9.52. The molecule has 2 aromatic carbocycles. The van der Waals surface area contributed by atoms with E-state index in [2.05, 4.69) is 65.7 Å². The van der Waals surface area contributed by atoms with Crippen LogP contribution in [0.2, 0.25) is 0 Å². The molecular formula is C67H85NO8. The van der Waals surface area contributed by atoms with Gasteiger partial charge in [-0.25, -0.2) is 4.79 Å². The van der Waals surface area contributed by atoms with E-state index in [4.69, 9.17) is 4.74 Å². The number of likely N-dealkylation sites (N-methyl/N-ethyl adjacent to an activating group) is 1. The number of aliphatic hydroxyl groups is 5. The lowest BCUT2D eigenvalue weighted by atomic mass is 9.33. The first-order valence-electron chi connectivity index (χ1n) is 30.6. The van der Waals surface area contributed by atoms with E-state index in [1.165, 1.54) is 31.2 Å². The maximum absolute atomic E-state index is 15.4. The maximum atomic E-state index is 15.4. The molecule has 2 aromatic rings. The van der Waals surface area contributed by atoms with Crippen molar-refractivity contribution in [3.63, 3.8) is 0 Å². The molecule has 19 unspecified atom stereocenters. The summed E-state index contributed by atoms with van der Waals surface area (Å²) < 4.78 is 6.49. The second-order valence-electron chi connectivity index (χ2n) is 28.3. The number of benzene rings is 2. The minimum atomic E-state index is -1.77. The normalized spacial score (nSPS) is 47.4. The number of aliphatic hydroxyl groups excluding tert-OH is 2. The largest absolute Gasteiger partial charge is 0.454 e. The zero-order valence-electron chi connectivity index (χ0n) is 45.1. The molecular weight excluding hydrogens is 947 g/mol. The number of ether oxygens (including phenoxy) is 1. The SMILES string of the molecule is CNC1Cc2c(cccc2CO)C#CC2(CCCC2)CC23CCC4C(O)(CC5CC6C(C=CCC6C6CCCC6)CC6C(O)C7(CCC(CCc8ccccc8)C7)CC4(C=O)C56O)C2(O)CC2CC1C1OC(=O)C=C1C23. The van der Waals surface area contributed by atoms with Crippen molar-refractivity contribution in [3.05, 3.63) is 94.6 Å². The van der Waals surface area contributed by atoms with Crippen LogP contribution in [0.15, 0.2) is 72.3 Å². The molecule has 1 heterocycles. The zero-order valence-corrected chi connectivity index (χ0v) is 45.1. The number of nitrogens with one attached hydrogen (secondary N) is 1. The molecule has 9 nitrogen and oxygen atoms in total. The molecule has 15 rings (SSSR count). The second-order valence-corrected chi connectivity index (χ2v) is 28.3. The highest BCUT2D eigenvalue weighted by Crippen LogP contribution is 2.80. The van der Waals surface area contributed by atoms with Crippen molar-refractivity contribution >= 4 is 12.3 Å². The average Bonchev–Trinajstić information content (AvgIpc) is 4.38. The van der Waals surface area contributed by atoms with Gasteiger partial charge in [-0.15, -0.1) is 0 Å². The predicted molar refractivity (Wildman–Crippen MR) is 290 cm³/mol. The van der Waals surface area contributed by atoms with Crippen LogP contribution in [0.3, 0.4) is 0 Å². The van der Waals surface area contributed by atoms with Gasteiger partial charge in [0.1, 0.15) is 18.0 Å². The van der Waals surface area contributed by atoms with E-state index in [1.54, 1.807) is 6.08 Å². The fourth-order valence-electron chi connectivity index (χ4n) is 22.8. The Morgan fingerprint density at radius 1 is 0.842 bits per heavy atom. The van der Waals surface area contributed by atoms with E-state index in [-0.39, 0.29) is 54.6 Å².